The quantitative estimate of drug-likeness (QED) is 0.843. The van der Waals surface area contributed by atoms with Gasteiger partial charge in [0.05, 0.1) is 0 Å². The van der Waals surface area contributed by atoms with E-state index in [4.69, 9.17) is 9.84 Å². The Balaban J connectivity index is 2.64. The normalized spacial score (nSPS) is 12.6. The molecule has 1 atom stereocenters. The van der Waals surface area contributed by atoms with Crippen LogP contribution in [0.25, 0.3) is 0 Å². The highest BCUT2D eigenvalue weighted by atomic mass is 16.6. The first kappa shape index (κ1) is 14.9. The number of nitrogens with zero attached hydrogens (tertiary/aromatic N) is 2. The van der Waals surface area contributed by atoms with Gasteiger partial charge in [0.25, 0.3) is 0 Å². The van der Waals surface area contributed by atoms with Gasteiger partial charge in [-0.1, -0.05) is 0 Å². The maximum atomic E-state index is 11.5. The Morgan fingerprint density at radius 2 is 2.16 bits per heavy atom. The van der Waals surface area contributed by atoms with Crippen LogP contribution in [0.5, 0.6) is 0 Å². The van der Waals surface area contributed by atoms with E-state index in [0.717, 1.165) is 0 Å². The van der Waals surface area contributed by atoms with Gasteiger partial charge >= 0.3 is 12.1 Å². The van der Waals surface area contributed by atoms with Crippen molar-refractivity contribution in [3.05, 3.63) is 24.3 Å². The summed E-state index contributed by atoms with van der Waals surface area (Å²) in [4.78, 5) is 30.3. The fraction of sp³-hybridized carbons (Fsp3) is 0.500. The fourth-order valence-corrected chi connectivity index (χ4v) is 1.30. The molecule has 7 heteroatoms. The molecular weight excluding hydrogens is 250 g/mol. The number of aromatic nitrogens is 2. The van der Waals surface area contributed by atoms with Crippen LogP contribution in [0.3, 0.4) is 0 Å². The van der Waals surface area contributed by atoms with Crippen molar-refractivity contribution >= 4 is 12.1 Å². The van der Waals surface area contributed by atoms with Crippen LogP contribution in [0.4, 0.5) is 4.79 Å². The Kier molecular flexibility index (Phi) is 4.80. The number of rotatable bonds is 4. The third-order valence-corrected chi connectivity index (χ3v) is 2.05. The summed E-state index contributed by atoms with van der Waals surface area (Å²) in [5, 5.41) is 11.4. The molecule has 0 aliphatic carbocycles. The number of carboxylic acids is 1. The van der Waals surface area contributed by atoms with E-state index in [1.807, 2.05) is 0 Å². The lowest BCUT2D eigenvalue weighted by atomic mass is 10.1. The number of hydrogen-bond acceptors (Lipinski definition) is 5. The molecule has 1 heterocycles. The van der Waals surface area contributed by atoms with Gasteiger partial charge in [0.2, 0.25) is 0 Å². The molecule has 0 fully saturated rings. The molecule has 0 aliphatic rings. The molecule has 1 rings (SSSR count). The van der Waals surface area contributed by atoms with Crippen molar-refractivity contribution in [2.75, 3.05) is 0 Å². The lowest BCUT2D eigenvalue weighted by molar-refractivity contribution is -0.139. The van der Waals surface area contributed by atoms with Gasteiger partial charge in [-0.25, -0.2) is 19.6 Å². The second-order valence-corrected chi connectivity index (χ2v) is 4.94. The van der Waals surface area contributed by atoms with Crippen LogP contribution in [0.2, 0.25) is 0 Å². The Morgan fingerprint density at radius 3 is 2.63 bits per heavy atom. The van der Waals surface area contributed by atoms with Crippen molar-refractivity contribution < 1.29 is 19.4 Å². The Hall–Kier alpha value is -2.18. The Bertz CT molecular complexity index is 442. The minimum atomic E-state index is -1.15. The molecule has 0 saturated heterocycles. The van der Waals surface area contributed by atoms with Crippen molar-refractivity contribution in [2.45, 2.75) is 38.8 Å². The molecule has 0 saturated carbocycles. The van der Waals surface area contributed by atoms with E-state index in [0.29, 0.717) is 5.69 Å². The van der Waals surface area contributed by atoms with Gasteiger partial charge in [0.1, 0.15) is 18.0 Å². The monoisotopic (exact) mass is 267 g/mol. The first-order valence-electron chi connectivity index (χ1n) is 5.75. The van der Waals surface area contributed by atoms with Gasteiger partial charge < -0.3 is 15.2 Å². The average molecular weight is 267 g/mol. The van der Waals surface area contributed by atoms with Gasteiger partial charge in [-0.15, -0.1) is 0 Å². The molecule has 104 valence electrons. The first-order valence-corrected chi connectivity index (χ1v) is 5.75. The minimum absolute atomic E-state index is 0.0666. The minimum Gasteiger partial charge on any atom is -0.480 e. The van der Waals surface area contributed by atoms with Crippen molar-refractivity contribution in [3.8, 4) is 0 Å². The van der Waals surface area contributed by atoms with Crippen LogP contribution in [-0.2, 0) is 16.0 Å². The predicted molar refractivity (Wildman–Crippen MR) is 66.5 cm³/mol. The topological polar surface area (TPSA) is 101 Å². The van der Waals surface area contributed by atoms with E-state index >= 15 is 0 Å². The van der Waals surface area contributed by atoms with Crippen LogP contribution >= 0.6 is 0 Å². The van der Waals surface area contributed by atoms with Crippen molar-refractivity contribution in [3.63, 3.8) is 0 Å². The van der Waals surface area contributed by atoms with E-state index in [1.165, 1.54) is 12.5 Å². The summed E-state index contributed by atoms with van der Waals surface area (Å²) in [6, 6.07) is 0.497. The standard InChI is InChI=1S/C12H17N3O4/c1-12(2,3)19-11(18)15-9(10(16)17)6-8-4-5-13-7-14-8/h4-5,7,9H,6H2,1-3H3,(H,15,18)(H,16,17)/t9-/m1/s1. The molecule has 2 N–H and O–H groups in total. The first-order chi connectivity index (χ1) is 8.78. The second-order valence-electron chi connectivity index (χ2n) is 4.94. The molecule has 7 nitrogen and oxygen atoms in total. The highest BCUT2D eigenvalue weighted by Crippen LogP contribution is 2.07. The number of alkyl carbamates (subject to hydrolysis) is 1. The molecule has 19 heavy (non-hydrogen) atoms. The summed E-state index contributed by atoms with van der Waals surface area (Å²) >= 11 is 0. The molecule has 0 radical (unpaired) electrons. The highest BCUT2D eigenvalue weighted by Gasteiger charge is 2.24. The van der Waals surface area contributed by atoms with Gasteiger partial charge in [0, 0.05) is 18.3 Å². The lowest BCUT2D eigenvalue weighted by Gasteiger charge is -2.21. The maximum absolute atomic E-state index is 11.5. The van der Waals surface area contributed by atoms with E-state index in [2.05, 4.69) is 15.3 Å². The molecule has 0 unspecified atom stereocenters. The number of amides is 1. The zero-order valence-corrected chi connectivity index (χ0v) is 11.1. The Labute approximate surface area is 111 Å². The number of carbonyl (C=O) groups excluding carboxylic acids is 1. The van der Waals surface area contributed by atoms with Gasteiger partial charge in [0.15, 0.2) is 0 Å². The maximum Gasteiger partial charge on any atom is 0.408 e. The fourth-order valence-electron chi connectivity index (χ4n) is 1.30. The molecule has 1 aromatic heterocycles. The lowest BCUT2D eigenvalue weighted by Crippen LogP contribution is -2.44. The molecule has 1 amide bonds. The van der Waals surface area contributed by atoms with Gasteiger partial charge in [-0.3, -0.25) is 0 Å². The molecule has 0 aliphatic heterocycles. The van der Waals surface area contributed by atoms with Crippen molar-refractivity contribution in [2.24, 2.45) is 0 Å². The molecule has 1 aromatic rings. The highest BCUT2D eigenvalue weighted by molar-refractivity contribution is 5.80. The Morgan fingerprint density at radius 1 is 1.47 bits per heavy atom. The SMILES string of the molecule is CC(C)(C)OC(=O)N[C@H](Cc1ccncn1)C(=O)O. The molecule has 0 bridgehead atoms. The summed E-state index contributed by atoms with van der Waals surface area (Å²) in [6.07, 6.45) is 2.13. The van der Waals surface area contributed by atoms with E-state index in [9.17, 15) is 9.59 Å². The number of hydrogen-bond donors (Lipinski definition) is 2. The number of aliphatic carboxylic acids is 1. The summed E-state index contributed by atoms with van der Waals surface area (Å²) in [6.45, 7) is 5.10. The number of nitrogens with one attached hydrogen (secondary N) is 1. The van der Waals surface area contributed by atoms with Crippen LogP contribution in [0.1, 0.15) is 26.5 Å². The largest absolute Gasteiger partial charge is 0.480 e. The molecule has 0 aromatic carbocycles. The zero-order chi connectivity index (χ0) is 14.5. The summed E-state index contributed by atoms with van der Waals surface area (Å²) in [5.74, 6) is -1.15. The van der Waals surface area contributed by atoms with E-state index < -0.39 is 23.7 Å². The van der Waals surface area contributed by atoms with Crippen LogP contribution < -0.4 is 5.32 Å². The number of ether oxygens (including phenoxy) is 1. The van der Waals surface area contributed by atoms with Gasteiger partial charge in [-0.2, -0.15) is 0 Å². The van der Waals surface area contributed by atoms with Crippen LogP contribution in [0, 0.1) is 0 Å². The van der Waals surface area contributed by atoms with Crippen molar-refractivity contribution in [1.29, 1.82) is 0 Å². The molecule has 0 spiro atoms. The van der Waals surface area contributed by atoms with Crippen molar-refractivity contribution in [1.82, 2.24) is 15.3 Å². The summed E-state index contributed by atoms with van der Waals surface area (Å²) in [7, 11) is 0. The van der Waals surface area contributed by atoms with Gasteiger partial charge in [-0.05, 0) is 26.8 Å². The number of carbonyl (C=O) groups is 2. The van der Waals surface area contributed by atoms with E-state index in [-0.39, 0.29) is 6.42 Å². The van der Waals surface area contributed by atoms with Crippen LogP contribution in [-0.4, -0.2) is 38.8 Å². The third-order valence-electron chi connectivity index (χ3n) is 2.05. The second kappa shape index (κ2) is 6.12. The van der Waals surface area contributed by atoms with Crippen LogP contribution in [0.15, 0.2) is 18.6 Å². The molecular formula is C12H17N3O4. The smallest absolute Gasteiger partial charge is 0.408 e. The van der Waals surface area contributed by atoms with E-state index in [1.54, 1.807) is 26.8 Å². The average Bonchev–Trinajstić information content (AvgIpc) is 2.26. The number of carboxylic acid groups (broad SMARTS) is 1. The predicted octanol–water partition coefficient (Wildman–Crippen LogP) is 0.997. The zero-order valence-electron chi connectivity index (χ0n) is 11.1. The third kappa shape index (κ3) is 5.80. The summed E-state index contributed by atoms with van der Waals surface area (Å²) in [5.41, 5.74) is -0.152. The summed E-state index contributed by atoms with van der Waals surface area (Å²) < 4.78 is 5.01.